The molecule has 5 nitrogen and oxygen atoms in total. The normalized spacial score (nSPS) is 25.4. The first-order valence-corrected chi connectivity index (χ1v) is 9.23. The lowest BCUT2D eigenvalue weighted by Gasteiger charge is -2.29. The number of aliphatic hydroxyl groups excluding tert-OH is 1. The van der Waals surface area contributed by atoms with Gasteiger partial charge >= 0.3 is 0 Å². The van der Waals surface area contributed by atoms with Crippen LogP contribution in [0.1, 0.15) is 32.1 Å². The van der Waals surface area contributed by atoms with E-state index in [1.54, 1.807) is 18.2 Å². The van der Waals surface area contributed by atoms with Crippen molar-refractivity contribution in [3.63, 3.8) is 0 Å². The largest absolute Gasteiger partial charge is 0.485 e. The molecular formula is C19H27FN2O3. The highest BCUT2D eigenvalue weighted by atomic mass is 19.1. The van der Waals surface area contributed by atoms with Crippen molar-refractivity contribution in [1.82, 2.24) is 9.80 Å². The molecule has 0 unspecified atom stereocenters. The Morgan fingerprint density at radius 1 is 1.12 bits per heavy atom. The maximum absolute atomic E-state index is 13.8. The Labute approximate surface area is 148 Å². The van der Waals surface area contributed by atoms with Crippen molar-refractivity contribution in [2.75, 3.05) is 32.7 Å². The molecule has 0 saturated carbocycles. The maximum Gasteiger partial charge on any atom is 0.236 e. The lowest BCUT2D eigenvalue weighted by molar-refractivity contribution is -0.133. The van der Waals surface area contributed by atoms with Crippen LogP contribution in [0.25, 0.3) is 0 Å². The number of hydrogen-bond donors (Lipinski definition) is 1. The van der Waals surface area contributed by atoms with E-state index >= 15 is 0 Å². The molecule has 1 amide bonds. The second-order valence-corrected chi connectivity index (χ2v) is 6.95. The number of para-hydroxylation sites is 1. The van der Waals surface area contributed by atoms with Gasteiger partial charge in [0.15, 0.2) is 11.6 Å². The van der Waals surface area contributed by atoms with E-state index in [2.05, 4.69) is 4.90 Å². The third-order valence-corrected chi connectivity index (χ3v) is 5.08. The predicted molar refractivity (Wildman–Crippen MR) is 92.9 cm³/mol. The van der Waals surface area contributed by atoms with E-state index in [-0.39, 0.29) is 11.7 Å². The molecule has 0 aliphatic carbocycles. The summed E-state index contributed by atoms with van der Waals surface area (Å²) in [5, 5.41) is 10.3. The van der Waals surface area contributed by atoms with Gasteiger partial charge in [0, 0.05) is 26.2 Å². The smallest absolute Gasteiger partial charge is 0.236 e. The minimum Gasteiger partial charge on any atom is -0.485 e. The highest BCUT2D eigenvalue weighted by Gasteiger charge is 2.28. The summed E-state index contributed by atoms with van der Waals surface area (Å²) in [7, 11) is 0. The molecule has 2 heterocycles. The third-order valence-electron chi connectivity index (χ3n) is 5.08. The van der Waals surface area contributed by atoms with E-state index in [1.165, 1.54) is 12.5 Å². The number of piperidine rings is 1. The molecule has 0 spiro atoms. The number of halogens is 1. The Hall–Kier alpha value is -1.66. The molecule has 2 aliphatic heterocycles. The van der Waals surface area contributed by atoms with Crippen molar-refractivity contribution >= 4 is 5.91 Å². The number of benzene rings is 1. The summed E-state index contributed by atoms with van der Waals surface area (Å²) in [5.41, 5.74) is 0. The lowest BCUT2D eigenvalue weighted by Crippen LogP contribution is -2.43. The maximum atomic E-state index is 13.8. The van der Waals surface area contributed by atoms with Gasteiger partial charge in [-0.3, -0.25) is 9.69 Å². The number of amides is 1. The van der Waals surface area contributed by atoms with Crippen LogP contribution < -0.4 is 4.74 Å². The highest BCUT2D eigenvalue weighted by molar-refractivity contribution is 5.78. The summed E-state index contributed by atoms with van der Waals surface area (Å²) in [5.74, 6) is -0.0804. The minimum atomic E-state index is -0.658. The van der Waals surface area contributed by atoms with Crippen molar-refractivity contribution in [1.29, 1.82) is 0 Å². The fourth-order valence-electron chi connectivity index (χ4n) is 3.55. The zero-order chi connectivity index (χ0) is 17.6. The average molecular weight is 350 g/mol. The van der Waals surface area contributed by atoms with E-state index in [4.69, 9.17) is 4.74 Å². The van der Waals surface area contributed by atoms with E-state index in [0.717, 1.165) is 25.9 Å². The third kappa shape index (κ3) is 4.92. The molecule has 3 rings (SSSR count). The van der Waals surface area contributed by atoms with Gasteiger partial charge in [0.25, 0.3) is 0 Å². The van der Waals surface area contributed by atoms with Gasteiger partial charge in [0.1, 0.15) is 6.10 Å². The Morgan fingerprint density at radius 2 is 1.84 bits per heavy atom. The van der Waals surface area contributed by atoms with Gasteiger partial charge in [-0.25, -0.2) is 4.39 Å². The number of rotatable bonds is 4. The zero-order valence-corrected chi connectivity index (χ0v) is 14.6. The Kier molecular flexibility index (Phi) is 6.26. The molecule has 1 N–H and O–H groups in total. The van der Waals surface area contributed by atoms with Crippen LogP contribution in [-0.4, -0.2) is 65.7 Å². The Morgan fingerprint density at radius 3 is 2.60 bits per heavy atom. The quantitative estimate of drug-likeness (QED) is 0.903. The van der Waals surface area contributed by atoms with Gasteiger partial charge in [0.2, 0.25) is 5.91 Å². The SMILES string of the molecule is O=C(CN1CC[C@H](Oc2ccccc2F)[C@@H](O)CC1)N1CCCCC1. The number of carbonyl (C=O) groups is 1. The van der Waals surface area contributed by atoms with Crippen molar-refractivity contribution in [2.45, 2.75) is 44.3 Å². The molecule has 2 fully saturated rings. The Bertz CT molecular complexity index is 578. The summed E-state index contributed by atoms with van der Waals surface area (Å²) in [6, 6.07) is 6.25. The van der Waals surface area contributed by atoms with Crippen LogP contribution in [0.5, 0.6) is 5.75 Å². The summed E-state index contributed by atoms with van der Waals surface area (Å²) < 4.78 is 19.5. The number of aliphatic hydroxyl groups is 1. The molecule has 2 aliphatic rings. The second kappa shape index (κ2) is 8.63. The minimum absolute atomic E-state index is 0.169. The zero-order valence-electron chi connectivity index (χ0n) is 14.6. The molecule has 138 valence electrons. The first kappa shape index (κ1) is 18.1. The van der Waals surface area contributed by atoms with Crippen molar-refractivity contribution in [3.8, 4) is 5.75 Å². The van der Waals surface area contributed by atoms with Crippen LogP contribution in [-0.2, 0) is 4.79 Å². The van der Waals surface area contributed by atoms with Crippen LogP contribution in [0.2, 0.25) is 0 Å². The monoisotopic (exact) mass is 350 g/mol. The Balaban J connectivity index is 1.53. The molecule has 0 bridgehead atoms. The van der Waals surface area contributed by atoms with Crippen LogP contribution in [0.15, 0.2) is 24.3 Å². The van der Waals surface area contributed by atoms with Crippen LogP contribution in [0, 0.1) is 5.82 Å². The number of ether oxygens (including phenoxy) is 1. The van der Waals surface area contributed by atoms with Gasteiger partial charge in [-0.1, -0.05) is 12.1 Å². The molecule has 6 heteroatoms. The fourth-order valence-corrected chi connectivity index (χ4v) is 3.55. The number of nitrogens with zero attached hydrogens (tertiary/aromatic N) is 2. The number of hydrogen-bond acceptors (Lipinski definition) is 4. The van der Waals surface area contributed by atoms with E-state index < -0.39 is 18.0 Å². The van der Waals surface area contributed by atoms with Crippen molar-refractivity contribution < 1.29 is 19.0 Å². The molecule has 1 aromatic carbocycles. The average Bonchev–Trinajstić information content (AvgIpc) is 2.80. The van der Waals surface area contributed by atoms with Crippen LogP contribution in [0.4, 0.5) is 4.39 Å². The van der Waals surface area contributed by atoms with E-state index in [9.17, 15) is 14.3 Å². The molecule has 2 atom stereocenters. The van der Waals surface area contributed by atoms with Crippen LogP contribution >= 0.6 is 0 Å². The van der Waals surface area contributed by atoms with Gasteiger partial charge < -0.3 is 14.7 Å². The standard InChI is InChI=1S/C19H27FN2O3/c20-15-6-2-3-7-17(15)25-18-9-13-21(12-8-16(18)23)14-19(24)22-10-4-1-5-11-22/h2-3,6-7,16,18,23H,1,4-5,8-14H2/t16-,18-/m0/s1. The molecule has 1 aromatic rings. The fraction of sp³-hybridized carbons (Fsp3) is 0.632. The van der Waals surface area contributed by atoms with Gasteiger partial charge in [-0.15, -0.1) is 0 Å². The topological polar surface area (TPSA) is 53.0 Å². The molecule has 2 saturated heterocycles. The molecule has 0 radical (unpaired) electrons. The van der Waals surface area contributed by atoms with Gasteiger partial charge in [0.05, 0.1) is 12.6 Å². The van der Waals surface area contributed by atoms with Crippen molar-refractivity contribution in [3.05, 3.63) is 30.1 Å². The summed E-state index contributed by atoms with van der Waals surface area (Å²) in [4.78, 5) is 16.4. The summed E-state index contributed by atoms with van der Waals surface area (Å²) in [6.07, 6.45) is 3.36. The van der Waals surface area contributed by atoms with Gasteiger partial charge in [-0.05, 0) is 44.2 Å². The summed E-state index contributed by atoms with van der Waals surface area (Å²) >= 11 is 0. The van der Waals surface area contributed by atoms with E-state index in [0.29, 0.717) is 32.5 Å². The molecule has 0 aromatic heterocycles. The second-order valence-electron chi connectivity index (χ2n) is 6.95. The lowest BCUT2D eigenvalue weighted by atomic mass is 10.1. The number of likely N-dealkylation sites (tertiary alicyclic amines) is 2. The number of carbonyl (C=O) groups excluding carboxylic acids is 1. The molecular weight excluding hydrogens is 323 g/mol. The summed E-state index contributed by atoms with van der Waals surface area (Å²) in [6.45, 7) is 3.41. The van der Waals surface area contributed by atoms with Crippen LogP contribution in [0.3, 0.4) is 0 Å². The predicted octanol–water partition coefficient (Wildman–Crippen LogP) is 2.04. The first-order valence-electron chi connectivity index (χ1n) is 9.23. The van der Waals surface area contributed by atoms with Crippen molar-refractivity contribution in [2.24, 2.45) is 0 Å². The molecule has 25 heavy (non-hydrogen) atoms. The first-order chi connectivity index (χ1) is 12.1. The van der Waals surface area contributed by atoms with Gasteiger partial charge in [-0.2, -0.15) is 0 Å². The highest BCUT2D eigenvalue weighted by Crippen LogP contribution is 2.22. The van der Waals surface area contributed by atoms with E-state index in [1.807, 2.05) is 4.90 Å².